The molecule has 0 bridgehead atoms. The van der Waals surface area contributed by atoms with Crippen molar-refractivity contribution in [3.05, 3.63) is 58.9 Å². The number of methoxy groups -OCH3 is 1. The maximum absolute atomic E-state index is 5.75. The third-order valence-corrected chi connectivity index (χ3v) is 3.79. The van der Waals surface area contributed by atoms with E-state index in [0.717, 1.165) is 22.6 Å². The van der Waals surface area contributed by atoms with Crippen LogP contribution in [0.25, 0.3) is 11.4 Å². The molecule has 0 saturated carbocycles. The van der Waals surface area contributed by atoms with Crippen LogP contribution in [0.1, 0.15) is 19.4 Å². The molecule has 134 valence electrons. The maximum atomic E-state index is 5.75. The van der Waals surface area contributed by atoms with Crippen molar-refractivity contribution in [2.24, 2.45) is 5.10 Å². The molecule has 2 aromatic carbocycles. The molecule has 0 amide bonds. The second-order valence-corrected chi connectivity index (χ2v) is 6.27. The van der Waals surface area contributed by atoms with Crippen molar-refractivity contribution in [2.75, 3.05) is 7.11 Å². The Labute approximate surface area is 157 Å². The monoisotopic (exact) mass is 368 g/mol. The van der Waals surface area contributed by atoms with Gasteiger partial charge in [-0.3, -0.25) is 0 Å². The number of H-pyrrole nitrogens is 1. The van der Waals surface area contributed by atoms with Crippen LogP contribution in [0.5, 0.6) is 11.5 Å². The van der Waals surface area contributed by atoms with Crippen LogP contribution in [-0.2, 0) is 0 Å². The molecule has 0 aliphatic rings. The Bertz CT molecular complexity index is 975. The highest BCUT2D eigenvalue weighted by molar-refractivity contribution is 7.71. The largest absolute Gasteiger partial charge is 0.497 e. The minimum Gasteiger partial charge on any atom is -0.497 e. The van der Waals surface area contributed by atoms with Crippen LogP contribution < -0.4 is 9.47 Å². The molecule has 0 unspecified atom stereocenters. The van der Waals surface area contributed by atoms with Gasteiger partial charge >= 0.3 is 0 Å². The maximum Gasteiger partial charge on any atom is 0.216 e. The summed E-state index contributed by atoms with van der Waals surface area (Å²) in [6.45, 7) is 3.97. The molecule has 3 aromatic rings. The number of aromatic nitrogens is 3. The predicted molar refractivity (Wildman–Crippen MR) is 105 cm³/mol. The quantitative estimate of drug-likeness (QED) is 0.521. The summed E-state index contributed by atoms with van der Waals surface area (Å²) in [6, 6.07) is 15.3. The van der Waals surface area contributed by atoms with Crippen molar-refractivity contribution in [1.82, 2.24) is 14.9 Å². The average Bonchev–Trinajstić information content (AvgIpc) is 3.00. The number of rotatable bonds is 6. The molecule has 26 heavy (non-hydrogen) atoms. The smallest absolute Gasteiger partial charge is 0.216 e. The molecule has 0 aliphatic carbocycles. The van der Waals surface area contributed by atoms with Gasteiger partial charge < -0.3 is 9.47 Å². The first-order valence-corrected chi connectivity index (χ1v) is 8.60. The lowest BCUT2D eigenvalue weighted by atomic mass is 10.2. The number of nitrogens with zero attached hydrogens (tertiary/aromatic N) is 3. The Morgan fingerprint density at radius 1 is 1.15 bits per heavy atom. The van der Waals surface area contributed by atoms with Gasteiger partial charge in [0.2, 0.25) is 4.77 Å². The molecule has 0 radical (unpaired) electrons. The number of hydrogen-bond acceptors (Lipinski definition) is 5. The van der Waals surface area contributed by atoms with E-state index in [4.69, 9.17) is 21.7 Å². The summed E-state index contributed by atoms with van der Waals surface area (Å²) < 4.78 is 13.0. The third kappa shape index (κ3) is 4.18. The highest BCUT2D eigenvalue weighted by Crippen LogP contribution is 2.23. The van der Waals surface area contributed by atoms with E-state index >= 15 is 0 Å². The van der Waals surface area contributed by atoms with E-state index < -0.39 is 0 Å². The van der Waals surface area contributed by atoms with Crippen molar-refractivity contribution in [3.63, 3.8) is 0 Å². The Morgan fingerprint density at radius 3 is 2.69 bits per heavy atom. The highest BCUT2D eigenvalue weighted by atomic mass is 32.1. The van der Waals surface area contributed by atoms with E-state index in [9.17, 15) is 0 Å². The number of benzene rings is 2. The minimum atomic E-state index is 0.0946. The lowest BCUT2D eigenvalue weighted by Crippen LogP contribution is -2.05. The Balaban J connectivity index is 1.94. The first kappa shape index (κ1) is 17.9. The van der Waals surface area contributed by atoms with Crippen molar-refractivity contribution in [2.45, 2.75) is 20.0 Å². The number of nitrogens with one attached hydrogen (secondary N) is 1. The molecule has 6 nitrogen and oxygen atoms in total. The van der Waals surface area contributed by atoms with Crippen LogP contribution in [-0.4, -0.2) is 34.3 Å². The van der Waals surface area contributed by atoms with Gasteiger partial charge in [-0.1, -0.05) is 24.3 Å². The summed E-state index contributed by atoms with van der Waals surface area (Å²) in [4.78, 5) is 0. The normalized spacial score (nSPS) is 11.2. The first-order valence-electron chi connectivity index (χ1n) is 8.20. The summed E-state index contributed by atoms with van der Waals surface area (Å²) in [6.07, 6.45) is 1.81. The molecule has 1 heterocycles. The van der Waals surface area contributed by atoms with Crippen LogP contribution in [0.15, 0.2) is 53.6 Å². The average molecular weight is 368 g/mol. The Kier molecular flexibility index (Phi) is 5.48. The van der Waals surface area contributed by atoms with Crippen LogP contribution in [0.3, 0.4) is 0 Å². The minimum absolute atomic E-state index is 0.0946. The summed E-state index contributed by atoms with van der Waals surface area (Å²) in [5.41, 5.74) is 1.76. The zero-order chi connectivity index (χ0) is 18.5. The molecule has 1 aromatic heterocycles. The lowest BCUT2D eigenvalue weighted by Gasteiger charge is -2.10. The molecular formula is C19H20N4O2S. The molecule has 7 heteroatoms. The number of aromatic amines is 1. The topological polar surface area (TPSA) is 64.4 Å². The standard InChI is InChI=1S/C19H20N4O2S/c1-13(2)25-17-9-5-7-15(11-17)18-21-22-19(26)23(18)20-12-14-6-4-8-16(10-14)24-3/h4-13H,1-3H3,(H,22,26)/b20-12+. The predicted octanol–water partition coefficient (Wildman–Crippen LogP) is 4.29. The zero-order valence-electron chi connectivity index (χ0n) is 14.8. The van der Waals surface area contributed by atoms with E-state index in [1.165, 1.54) is 0 Å². The summed E-state index contributed by atoms with van der Waals surface area (Å²) in [5, 5.41) is 11.6. The van der Waals surface area contributed by atoms with E-state index in [1.807, 2.05) is 62.4 Å². The molecule has 0 saturated heterocycles. The molecule has 0 atom stereocenters. The summed E-state index contributed by atoms with van der Waals surface area (Å²) in [7, 11) is 1.63. The summed E-state index contributed by atoms with van der Waals surface area (Å²) in [5.74, 6) is 2.15. The Hall–Kier alpha value is -2.93. The van der Waals surface area contributed by atoms with Gasteiger partial charge in [0.05, 0.1) is 19.4 Å². The van der Waals surface area contributed by atoms with Gasteiger partial charge in [-0.2, -0.15) is 14.9 Å². The fourth-order valence-electron chi connectivity index (χ4n) is 2.41. The van der Waals surface area contributed by atoms with Crippen molar-refractivity contribution in [3.8, 4) is 22.9 Å². The van der Waals surface area contributed by atoms with Crippen molar-refractivity contribution >= 4 is 18.4 Å². The second kappa shape index (κ2) is 7.97. The van der Waals surface area contributed by atoms with E-state index in [2.05, 4.69) is 15.3 Å². The van der Waals surface area contributed by atoms with Crippen LogP contribution in [0.2, 0.25) is 0 Å². The summed E-state index contributed by atoms with van der Waals surface area (Å²) >= 11 is 5.31. The highest BCUT2D eigenvalue weighted by Gasteiger charge is 2.09. The third-order valence-electron chi connectivity index (χ3n) is 3.53. The molecule has 3 rings (SSSR count). The van der Waals surface area contributed by atoms with Crippen LogP contribution >= 0.6 is 12.2 Å². The fourth-order valence-corrected chi connectivity index (χ4v) is 2.59. The molecular weight excluding hydrogens is 348 g/mol. The number of ether oxygens (including phenoxy) is 2. The SMILES string of the molecule is COc1cccc(/C=N/n2c(-c3cccc(OC(C)C)c3)n[nH]c2=S)c1. The molecule has 0 spiro atoms. The van der Waals surface area contributed by atoms with Crippen LogP contribution in [0.4, 0.5) is 0 Å². The van der Waals surface area contributed by atoms with Crippen molar-refractivity contribution in [1.29, 1.82) is 0 Å². The van der Waals surface area contributed by atoms with Gasteiger partial charge in [0.15, 0.2) is 5.82 Å². The molecule has 0 aliphatic heterocycles. The van der Waals surface area contributed by atoms with Crippen molar-refractivity contribution < 1.29 is 9.47 Å². The first-order chi connectivity index (χ1) is 12.6. The Morgan fingerprint density at radius 2 is 1.92 bits per heavy atom. The van der Waals surface area contributed by atoms with Crippen LogP contribution in [0, 0.1) is 4.77 Å². The van der Waals surface area contributed by atoms with Gasteiger partial charge in [0, 0.05) is 5.56 Å². The van der Waals surface area contributed by atoms with Gasteiger partial charge in [-0.05, 0) is 55.9 Å². The lowest BCUT2D eigenvalue weighted by molar-refractivity contribution is 0.242. The van der Waals surface area contributed by atoms with E-state index in [-0.39, 0.29) is 6.10 Å². The second-order valence-electron chi connectivity index (χ2n) is 5.88. The fraction of sp³-hybridized carbons (Fsp3) is 0.211. The van der Waals surface area contributed by atoms with Gasteiger partial charge in [-0.15, -0.1) is 0 Å². The molecule has 1 N–H and O–H groups in total. The van der Waals surface area contributed by atoms with Gasteiger partial charge in [0.25, 0.3) is 0 Å². The van der Waals surface area contributed by atoms with Gasteiger partial charge in [-0.25, -0.2) is 5.10 Å². The molecule has 0 fully saturated rings. The number of hydrogen-bond donors (Lipinski definition) is 1. The van der Waals surface area contributed by atoms with E-state index in [0.29, 0.717) is 10.6 Å². The van der Waals surface area contributed by atoms with E-state index in [1.54, 1.807) is 18.0 Å². The van der Waals surface area contributed by atoms with Gasteiger partial charge in [0.1, 0.15) is 11.5 Å². The zero-order valence-corrected chi connectivity index (χ0v) is 15.7.